The molecular formula is C16H24N2O3. The van der Waals surface area contributed by atoms with Gasteiger partial charge in [-0.05, 0) is 37.0 Å². The standard InChI is InChI=1S/C16H24N2O3/c1-2-9-20-13-5-3-12(4-6-13)11-18-16(19)15-8-7-14(10-17)21-15/h3-6,14-15H,2,7-11,17H2,1H3,(H,18,19)/t14-,15+/m1/s1. The Morgan fingerprint density at radius 1 is 1.38 bits per heavy atom. The van der Waals surface area contributed by atoms with Crippen LogP contribution in [0, 0.1) is 0 Å². The number of hydrogen-bond donors (Lipinski definition) is 2. The molecule has 1 aliphatic heterocycles. The van der Waals surface area contributed by atoms with Gasteiger partial charge in [-0.2, -0.15) is 0 Å². The third kappa shape index (κ3) is 4.72. The SMILES string of the molecule is CCCOc1ccc(CNC(=O)[C@@H]2CC[C@H](CN)O2)cc1. The second-order valence-electron chi connectivity index (χ2n) is 5.27. The minimum absolute atomic E-state index is 0.0238. The van der Waals surface area contributed by atoms with Crippen molar-refractivity contribution in [3.05, 3.63) is 29.8 Å². The molecule has 1 heterocycles. The van der Waals surface area contributed by atoms with E-state index in [4.69, 9.17) is 15.2 Å². The fraction of sp³-hybridized carbons (Fsp3) is 0.562. The van der Waals surface area contributed by atoms with Crippen molar-refractivity contribution in [3.63, 3.8) is 0 Å². The van der Waals surface area contributed by atoms with Crippen molar-refractivity contribution >= 4 is 5.91 Å². The lowest BCUT2D eigenvalue weighted by molar-refractivity contribution is -0.132. The summed E-state index contributed by atoms with van der Waals surface area (Å²) in [5.74, 6) is 0.800. The third-order valence-corrected chi connectivity index (χ3v) is 3.53. The van der Waals surface area contributed by atoms with Crippen LogP contribution in [0.25, 0.3) is 0 Å². The first-order chi connectivity index (χ1) is 10.2. The molecule has 1 aromatic rings. The van der Waals surface area contributed by atoms with Gasteiger partial charge in [0.15, 0.2) is 0 Å². The first-order valence-corrected chi connectivity index (χ1v) is 7.58. The van der Waals surface area contributed by atoms with Crippen LogP contribution in [0.2, 0.25) is 0 Å². The van der Waals surface area contributed by atoms with E-state index in [2.05, 4.69) is 12.2 Å². The first kappa shape index (κ1) is 15.8. The van der Waals surface area contributed by atoms with E-state index in [9.17, 15) is 4.79 Å². The molecule has 1 aliphatic rings. The minimum Gasteiger partial charge on any atom is -0.494 e. The number of nitrogens with two attached hydrogens (primary N) is 1. The summed E-state index contributed by atoms with van der Waals surface area (Å²) in [6.45, 7) is 3.77. The van der Waals surface area contributed by atoms with E-state index in [1.165, 1.54) is 0 Å². The van der Waals surface area contributed by atoms with Crippen molar-refractivity contribution in [1.82, 2.24) is 5.32 Å². The molecular weight excluding hydrogens is 268 g/mol. The summed E-state index contributed by atoms with van der Waals surface area (Å²) in [4.78, 5) is 12.0. The van der Waals surface area contributed by atoms with Crippen LogP contribution in [0.4, 0.5) is 0 Å². The Balaban J connectivity index is 1.76. The molecule has 0 unspecified atom stereocenters. The average molecular weight is 292 g/mol. The molecule has 0 spiro atoms. The molecule has 1 saturated heterocycles. The van der Waals surface area contributed by atoms with Crippen LogP contribution in [0.3, 0.4) is 0 Å². The van der Waals surface area contributed by atoms with Crippen LogP contribution in [-0.2, 0) is 16.1 Å². The summed E-state index contributed by atoms with van der Waals surface area (Å²) in [7, 11) is 0. The zero-order chi connectivity index (χ0) is 15.1. The van der Waals surface area contributed by atoms with Crippen LogP contribution in [-0.4, -0.2) is 31.3 Å². The average Bonchev–Trinajstić information content (AvgIpc) is 3.00. The maximum absolute atomic E-state index is 12.0. The molecule has 5 nitrogen and oxygen atoms in total. The Bertz CT molecular complexity index is 447. The third-order valence-electron chi connectivity index (χ3n) is 3.53. The Labute approximate surface area is 125 Å². The predicted molar refractivity (Wildman–Crippen MR) is 81.0 cm³/mol. The number of carbonyl (C=O) groups excluding carboxylic acids is 1. The van der Waals surface area contributed by atoms with Crippen molar-refractivity contribution < 1.29 is 14.3 Å². The van der Waals surface area contributed by atoms with Gasteiger partial charge < -0.3 is 20.5 Å². The lowest BCUT2D eigenvalue weighted by Gasteiger charge is -2.13. The van der Waals surface area contributed by atoms with Gasteiger partial charge in [-0.15, -0.1) is 0 Å². The van der Waals surface area contributed by atoms with E-state index in [1.807, 2.05) is 24.3 Å². The summed E-state index contributed by atoms with van der Waals surface area (Å²) in [6.07, 6.45) is 2.26. The highest BCUT2D eigenvalue weighted by Crippen LogP contribution is 2.19. The topological polar surface area (TPSA) is 73.6 Å². The normalized spacial score (nSPS) is 21.2. The molecule has 3 N–H and O–H groups in total. The van der Waals surface area contributed by atoms with Crippen molar-refractivity contribution in [2.75, 3.05) is 13.2 Å². The molecule has 0 saturated carbocycles. The summed E-state index contributed by atoms with van der Waals surface area (Å²) in [5.41, 5.74) is 6.58. The van der Waals surface area contributed by atoms with E-state index in [-0.39, 0.29) is 18.1 Å². The maximum Gasteiger partial charge on any atom is 0.249 e. The van der Waals surface area contributed by atoms with Crippen molar-refractivity contribution in [1.29, 1.82) is 0 Å². The van der Waals surface area contributed by atoms with Crippen LogP contribution >= 0.6 is 0 Å². The highest BCUT2D eigenvalue weighted by molar-refractivity contribution is 5.81. The lowest BCUT2D eigenvalue weighted by Crippen LogP contribution is -2.35. The molecule has 21 heavy (non-hydrogen) atoms. The van der Waals surface area contributed by atoms with Gasteiger partial charge in [0.25, 0.3) is 0 Å². The zero-order valence-electron chi connectivity index (χ0n) is 12.5. The Morgan fingerprint density at radius 3 is 2.76 bits per heavy atom. The molecule has 1 amide bonds. The fourth-order valence-corrected chi connectivity index (χ4v) is 2.30. The number of amides is 1. The van der Waals surface area contributed by atoms with E-state index in [1.54, 1.807) is 0 Å². The predicted octanol–water partition coefficient (Wildman–Crippen LogP) is 1.60. The lowest BCUT2D eigenvalue weighted by atomic mass is 10.1. The van der Waals surface area contributed by atoms with Crippen molar-refractivity contribution in [2.24, 2.45) is 5.73 Å². The van der Waals surface area contributed by atoms with Gasteiger partial charge in [0.1, 0.15) is 11.9 Å². The number of nitrogens with one attached hydrogen (secondary N) is 1. The van der Waals surface area contributed by atoms with Gasteiger partial charge in [0.2, 0.25) is 5.91 Å². The summed E-state index contributed by atoms with van der Waals surface area (Å²) >= 11 is 0. The largest absolute Gasteiger partial charge is 0.494 e. The van der Waals surface area contributed by atoms with Gasteiger partial charge in [-0.1, -0.05) is 19.1 Å². The molecule has 0 aliphatic carbocycles. The Kier molecular flexibility index (Phi) is 6.02. The summed E-state index contributed by atoms with van der Waals surface area (Å²) < 4.78 is 11.1. The highest BCUT2D eigenvalue weighted by Gasteiger charge is 2.29. The molecule has 5 heteroatoms. The van der Waals surface area contributed by atoms with E-state index >= 15 is 0 Å². The Hall–Kier alpha value is -1.59. The first-order valence-electron chi connectivity index (χ1n) is 7.58. The number of ether oxygens (including phenoxy) is 2. The molecule has 1 aromatic carbocycles. The van der Waals surface area contributed by atoms with Crippen LogP contribution in [0.15, 0.2) is 24.3 Å². The Morgan fingerprint density at radius 2 is 2.14 bits per heavy atom. The molecule has 2 atom stereocenters. The summed E-state index contributed by atoms with van der Waals surface area (Å²) in [5, 5.41) is 2.90. The number of rotatable bonds is 7. The second kappa shape index (κ2) is 8.00. The second-order valence-corrected chi connectivity index (χ2v) is 5.27. The number of hydrogen-bond acceptors (Lipinski definition) is 4. The molecule has 1 fully saturated rings. The molecule has 0 radical (unpaired) electrons. The molecule has 116 valence electrons. The van der Waals surface area contributed by atoms with Crippen LogP contribution in [0.5, 0.6) is 5.75 Å². The summed E-state index contributed by atoms with van der Waals surface area (Å²) in [6, 6.07) is 7.77. The number of benzene rings is 1. The van der Waals surface area contributed by atoms with E-state index in [0.717, 1.165) is 37.2 Å². The fourth-order valence-electron chi connectivity index (χ4n) is 2.30. The van der Waals surface area contributed by atoms with Gasteiger partial charge >= 0.3 is 0 Å². The van der Waals surface area contributed by atoms with Gasteiger partial charge in [-0.25, -0.2) is 0 Å². The van der Waals surface area contributed by atoms with Crippen LogP contribution in [0.1, 0.15) is 31.7 Å². The molecule has 2 rings (SSSR count). The van der Waals surface area contributed by atoms with E-state index < -0.39 is 0 Å². The van der Waals surface area contributed by atoms with Gasteiger partial charge in [-0.3, -0.25) is 4.79 Å². The van der Waals surface area contributed by atoms with Gasteiger partial charge in [0, 0.05) is 13.1 Å². The maximum atomic E-state index is 12.0. The van der Waals surface area contributed by atoms with Gasteiger partial charge in [0.05, 0.1) is 12.7 Å². The zero-order valence-corrected chi connectivity index (χ0v) is 12.5. The smallest absolute Gasteiger partial charge is 0.249 e. The van der Waals surface area contributed by atoms with E-state index in [0.29, 0.717) is 13.1 Å². The monoisotopic (exact) mass is 292 g/mol. The number of carbonyl (C=O) groups is 1. The molecule has 0 bridgehead atoms. The minimum atomic E-state index is -0.356. The highest BCUT2D eigenvalue weighted by atomic mass is 16.5. The van der Waals surface area contributed by atoms with Crippen molar-refractivity contribution in [2.45, 2.75) is 44.9 Å². The molecule has 0 aromatic heterocycles. The van der Waals surface area contributed by atoms with Crippen LogP contribution < -0.4 is 15.8 Å². The quantitative estimate of drug-likeness (QED) is 0.800. The van der Waals surface area contributed by atoms with Crippen molar-refractivity contribution in [3.8, 4) is 5.75 Å².